The molecular weight excluding hydrogens is 366 g/mol. The Labute approximate surface area is 173 Å². The summed E-state index contributed by atoms with van der Waals surface area (Å²) in [6, 6.07) is 9.88. The molecule has 3 rings (SSSR count). The summed E-state index contributed by atoms with van der Waals surface area (Å²) in [6.07, 6.45) is 0.954. The maximum absolute atomic E-state index is 12.5. The highest BCUT2D eigenvalue weighted by atomic mass is 16.5. The van der Waals surface area contributed by atoms with E-state index < -0.39 is 0 Å². The number of aryl methyl sites for hydroxylation is 1. The third kappa shape index (κ3) is 5.59. The molecule has 156 valence electrons. The fraction of sp³-hybridized carbons (Fsp3) is 0.500. The highest BCUT2D eigenvalue weighted by molar-refractivity contribution is 5.92. The zero-order chi connectivity index (χ0) is 20.8. The van der Waals surface area contributed by atoms with Crippen molar-refractivity contribution < 1.29 is 9.53 Å². The monoisotopic (exact) mass is 397 g/mol. The number of rotatable bonds is 7. The number of nitrogens with zero attached hydrogens (tertiary/aromatic N) is 4. The minimum absolute atomic E-state index is 0.130. The molecule has 1 amide bonds. The minimum atomic E-state index is -0.130. The highest BCUT2D eigenvalue weighted by Gasteiger charge is 2.21. The van der Waals surface area contributed by atoms with Crippen LogP contribution in [0.1, 0.15) is 36.5 Å². The summed E-state index contributed by atoms with van der Waals surface area (Å²) in [5.74, 6) is 1.92. The third-order valence-corrected chi connectivity index (χ3v) is 5.08. The van der Waals surface area contributed by atoms with Crippen molar-refractivity contribution in [3.05, 3.63) is 41.7 Å². The van der Waals surface area contributed by atoms with E-state index >= 15 is 0 Å². The van der Waals surface area contributed by atoms with Crippen molar-refractivity contribution in [1.29, 1.82) is 0 Å². The van der Waals surface area contributed by atoms with E-state index in [2.05, 4.69) is 51.1 Å². The number of piperazine rings is 1. The zero-order valence-corrected chi connectivity index (χ0v) is 17.8. The summed E-state index contributed by atoms with van der Waals surface area (Å²) < 4.78 is 5.23. The van der Waals surface area contributed by atoms with E-state index in [1.807, 2.05) is 19.1 Å². The second-order valence-corrected chi connectivity index (χ2v) is 7.81. The fourth-order valence-electron chi connectivity index (χ4n) is 3.33. The van der Waals surface area contributed by atoms with Crippen LogP contribution >= 0.6 is 0 Å². The maximum Gasteiger partial charge on any atom is 0.270 e. The lowest BCUT2D eigenvalue weighted by molar-refractivity contribution is 0.0946. The first-order valence-electron chi connectivity index (χ1n) is 10.2. The average molecular weight is 398 g/mol. The van der Waals surface area contributed by atoms with Crippen LogP contribution in [0, 0.1) is 12.8 Å². The molecule has 1 saturated heterocycles. The van der Waals surface area contributed by atoms with Crippen LogP contribution in [-0.2, 0) is 0 Å². The number of hydrogen-bond acceptors (Lipinski definition) is 6. The SMILES string of the molecule is COc1ccc(N2CCN(c3nc(C)cc(C(=O)NCCC(C)C)n3)CC2)cc1. The van der Waals surface area contributed by atoms with Gasteiger partial charge < -0.3 is 19.9 Å². The molecule has 0 aliphatic carbocycles. The molecule has 0 atom stereocenters. The molecule has 0 radical (unpaired) electrons. The standard InChI is InChI=1S/C22H31N5O2/c1-16(2)9-10-23-21(28)20-15-17(3)24-22(25-20)27-13-11-26(12-14-27)18-5-7-19(29-4)8-6-18/h5-8,15-16H,9-14H2,1-4H3,(H,23,28). The van der Waals surface area contributed by atoms with E-state index in [9.17, 15) is 4.79 Å². The molecule has 2 heterocycles. The molecule has 29 heavy (non-hydrogen) atoms. The Morgan fingerprint density at radius 2 is 1.76 bits per heavy atom. The summed E-state index contributed by atoms with van der Waals surface area (Å²) in [6.45, 7) is 10.2. The number of carbonyl (C=O) groups is 1. The molecule has 0 bridgehead atoms. The molecule has 1 aliphatic rings. The molecule has 7 heteroatoms. The quantitative estimate of drug-likeness (QED) is 0.775. The lowest BCUT2D eigenvalue weighted by atomic mass is 10.1. The second-order valence-electron chi connectivity index (χ2n) is 7.81. The Kier molecular flexibility index (Phi) is 6.90. The highest BCUT2D eigenvalue weighted by Crippen LogP contribution is 2.22. The fourth-order valence-corrected chi connectivity index (χ4v) is 3.33. The van der Waals surface area contributed by atoms with Gasteiger partial charge in [0.15, 0.2) is 0 Å². The number of ether oxygens (including phenoxy) is 1. The van der Waals surface area contributed by atoms with Gasteiger partial charge in [-0.15, -0.1) is 0 Å². The summed E-state index contributed by atoms with van der Waals surface area (Å²) in [4.78, 5) is 26.1. The maximum atomic E-state index is 12.5. The number of benzene rings is 1. The first-order chi connectivity index (χ1) is 14.0. The van der Waals surface area contributed by atoms with Crippen molar-refractivity contribution in [2.45, 2.75) is 27.2 Å². The Hall–Kier alpha value is -2.83. The lowest BCUT2D eigenvalue weighted by Gasteiger charge is -2.36. The van der Waals surface area contributed by atoms with Crippen LogP contribution in [0.5, 0.6) is 5.75 Å². The zero-order valence-electron chi connectivity index (χ0n) is 17.8. The number of nitrogens with one attached hydrogen (secondary N) is 1. The van der Waals surface area contributed by atoms with Gasteiger partial charge in [0, 0.05) is 44.1 Å². The summed E-state index contributed by atoms with van der Waals surface area (Å²) >= 11 is 0. The van der Waals surface area contributed by atoms with E-state index in [4.69, 9.17) is 4.74 Å². The molecule has 7 nitrogen and oxygen atoms in total. The van der Waals surface area contributed by atoms with Crippen LogP contribution in [0.2, 0.25) is 0 Å². The number of methoxy groups -OCH3 is 1. The molecule has 0 unspecified atom stereocenters. The Morgan fingerprint density at radius 1 is 1.10 bits per heavy atom. The summed E-state index contributed by atoms with van der Waals surface area (Å²) in [5, 5.41) is 2.96. The molecule has 0 saturated carbocycles. The Morgan fingerprint density at radius 3 is 2.38 bits per heavy atom. The van der Waals surface area contributed by atoms with Gasteiger partial charge in [0.25, 0.3) is 5.91 Å². The molecule has 1 aromatic carbocycles. The largest absolute Gasteiger partial charge is 0.497 e. The van der Waals surface area contributed by atoms with Gasteiger partial charge >= 0.3 is 0 Å². The van der Waals surface area contributed by atoms with Gasteiger partial charge in [0.05, 0.1) is 7.11 Å². The van der Waals surface area contributed by atoms with E-state index in [0.717, 1.165) is 44.0 Å². The second kappa shape index (κ2) is 9.58. The summed E-state index contributed by atoms with van der Waals surface area (Å²) in [5.41, 5.74) is 2.43. The Balaban J connectivity index is 1.62. The van der Waals surface area contributed by atoms with Gasteiger partial charge in [-0.1, -0.05) is 13.8 Å². The topological polar surface area (TPSA) is 70.6 Å². The van der Waals surface area contributed by atoms with Crippen LogP contribution in [-0.4, -0.2) is 55.7 Å². The van der Waals surface area contributed by atoms with Crippen LogP contribution in [0.25, 0.3) is 0 Å². The van der Waals surface area contributed by atoms with Crippen molar-refractivity contribution in [2.24, 2.45) is 5.92 Å². The van der Waals surface area contributed by atoms with Crippen molar-refractivity contribution in [2.75, 3.05) is 49.6 Å². The number of hydrogen-bond donors (Lipinski definition) is 1. The van der Waals surface area contributed by atoms with Crippen molar-refractivity contribution in [3.63, 3.8) is 0 Å². The third-order valence-electron chi connectivity index (χ3n) is 5.08. The molecule has 2 aromatic rings. The lowest BCUT2D eigenvalue weighted by Crippen LogP contribution is -2.47. The number of aromatic nitrogens is 2. The first-order valence-corrected chi connectivity index (χ1v) is 10.2. The average Bonchev–Trinajstić information content (AvgIpc) is 2.73. The Bertz CT molecular complexity index is 814. The van der Waals surface area contributed by atoms with Gasteiger partial charge in [0.2, 0.25) is 5.95 Å². The molecule has 1 aliphatic heterocycles. The molecule has 1 N–H and O–H groups in total. The van der Waals surface area contributed by atoms with Crippen molar-refractivity contribution in [3.8, 4) is 5.75 Å². The number of anilines is 2. The van der Waals surface area contributed by atoms with Crippen LogP contribution in [0.4, 0.5) is 11.6 Å². The van der Waals surface area contributed by atoms with E-state index in [1.165, 1.54) is 5.69 Å². The summed E-state index contributed by atoms with van der Waals surface area (Å²) in [7, 11) is 1.68. The number of amides is 1. The molecule has 1 aromatic heterocycles. The van der Waals surface area contributed by atoms with Gasteiger partial charge in [-0.05, 0) is 49.6 Å². The van der Waals surface area contributed by atoms with E-state index in [-0.39, 0.29) is 5.91 Å². The van der Waals surface area contributed by atoms with Crippen LogP contribution < -0.4 is 19.9 Å². The predicted molar refractivity (Wildman–Crippen MR) is 116 cm³/mol. The molecular formula is C22H31N5O2. The molecule has 1 fully saturated rings. The number of carbonyl (C=O) groups excluding carboxylic acids is 1. The van der Waals surface area contributed by atoms with Crippen molar-refractivity contribution >= 4 is 17.5 Å². The van der Waals surface area contributed by atoms with E-state index in [0.29, 0.717) is 24.1 Å². The molecule has 0 spiro atoms. The van der Waals surface area contributed by atoms with Gasteiger partial charge in [-0.25, -0.2) is 9.97 Å². The van der Waals surface area contributed by atoms with Gasteiger partial charge in [0.1, 0.15) is 11.4 Å². The van der Waals surface area contributed by atoms with Crippen molar-refractivity contribution in [1.82, 2.24) is 15.3 Å². The first kappa shape index (κ1) is 20.9. The normalized spacial score (nSPS) is 14.2. The van der Waals surface area contributed by atoms with Gasteiger partial charge in [-0.3, -0.25) is 4.79 Å². The van der Waals surface area contributed by atoms with Crippen LogP contribution in [0.3, 0.4) is 0 Å². The van der Waals surface area contributed by atoms with Gasteiger partial charge in [-0.2, -0.15) is 0 Å². The van der Waals surface area contributed by atoms with E-state index in [1.54, 1.807) is 13.2 Å². The van der Waals surface area contributed by atoms with Crippen LogP contribution in [0.15, 0.2) is 30.3 Å². The smallest absolute Gasteiger partial charge is 0.270 e. The predicted octanol–water partition coefficient (Wildman–Crippen LogP) is 2.90. The minimum Gasteiger partial charge on any atom is -0.497 e.